The van der Waals surface area contributed by atoms with Crippen LogP contribution in [0.15, 0.2) is 6.07 Å². The molecule has 2 aliphatic carbocycles. The van der Waals surface area contributed by atoms with Crippen molar-refractivity contribution < 1.29 is 0 Å². The van der Waals surface area contributed by atoms with Gasteiger partial charge in [0.05, 0.1) is 5.69 Å². The summed E-state index contributed by atoms with van der Waals surface area (Å²) in [5.41, 5.74) is 7.49. The van der Waals surface area contributed by atoms with Crippen molar-refractivity contribution in [1.82, 2.24) is 9.78 Å². The summed E-state index contributed by atoms with van der Waals surface area (Å²) in [4.78, 5) is 0. The van der Waals surface area contributed by atoms with Crippen LogP contribution in [-0.4, -0.2) is 9.78 Å². The van der Waals surface area contributed by atoms with Gasteiger partial charge in [-0.15, -0.1) is 0 Å². The molecular formula is C10H15N3. The SMILES string of the molecule is Cn1nc(C23CCCC2C3)cc1N. The highest BCUT2D eigenvalue weighted by molar-refractivity contribution is 5.39. The minimum absolute atomic E-state index is 0.454. The molecule has 2 N–H and O–H groups in total. The lowest BCUT2D eigenvalue weighted by Crippen LogP contribution is -2.06. The summed E-state index contributed by atoms with van der Waals surface area (Å²) in [6, 6.07) is 2.06. The van der Waals surface area contributed by atoms with Crippen molar-refractivity contribution in [1.29, 1.82) is 0 Å². The van der Waals surface area contributed by atoms with E-state index in [1.165, 1.54) is 31.4 Å². The van der Waals surface area contributed by atoms with Crippen molar-refractivity contribution in [3.8, 4) is 0 Å². The van der Waals surface area contributed by atoms with Crippen LogP contribution in [0.2, 0.25) is 0 Å². The number of nitrogens with zero attached hydrogens (tertiary/aromatic N) is 2. The predicted molar refractivity (Wildman–Crippen MR) is 51.3 cm³/mol. The maximum absolute atomic E-state index is 5.79. The fraction of sp³-hybridized carbons (Fsp3) is 0.700. The number of fused-ring (bicyclic) bond motifs is 1. The van der Waals surface area contributed by atoms with E-state index in [1.807, 2.05) is 7.05 Å². The van der Waals surface area contributed by atoms with Gasteiger partial charge in [-0.05, 0) is 25.2 Å². The highest BCUT2D eigenvalue weighted by Gasteiger charge is 2.59. The fourth-order valence-corrected chi connectivity index (χ4v) is 2.90. The number of aryl methyl sites for hydroxylation is 1. The number of hydrogen-bond acceptors (Lipinski definition) is 2. The second-order valence-corrected chi connectivity index (χ2v) is 4.53. The molecule has 2 unspecified atom stereocenters. The van der Waals surface area contributed by atoms with Crippen LogP contribution in [0.25, 0.3) is 0 Å². The topological polar surface area (TPSA) is 43.8 Å². The molecule has 0 saturated heterocycles. The molecule has 3 heteroatoms. The maximum Gasteiger partial charge on any atom is 0.121 e. The first kappa shape index (κ1) is 7.42. The van der Waals surface area contributed by atoms with Crippen LogP contribution in [0.4, 0.5) is 5.82 Å². The zero-order valence-electron chi connectivity index (χ0n) is 7.95. The monoisotopic (exact) mass is 177 g/mol. The number of nitrogen functional groups attached to an aromatic ring is 1. The number of rotatable bonds is 1. The zero-order valence-corrected chi connectivity index (χ0v) is 7.95. The van der Waals surface area contributed by atoms with Gasteiger partial charge < -0.3 is 5.73 Å². The number of nitrogens with two attached hydrogens (primary N) is 1. The number of aromatic nitrogens is 2. The van der Waals surface area contributed by atoms with Gasteiger partial charge in [-0.25, -0.2) is 0 Å². The van der Waals surface area contributed by atoms with E-state index in [4.69, 9.17) is 5.73 Å². The van der Waals surface area contributed by atoms with E-state index in [9.17, 15) is 0 Å². The molecule has 2 atom stereocenters. The third-order valence-electron chi connectivity index (χ3n) is 3.83. The quantitative estimate of drug-likeness (QED) is 0.705. The summed E-state index contributed by atoms with van der Waals surface area (Å²) in [5, 5.41) is 4.50. The Kier molecular flexibility index (Phi) is 1.19. The highest BCUT2D eigenvalue weighted by Crippen LogP contribution is 2.64. The maximum atomic E-state index is 5.79. The average Bonchev–Trinajstić information content (AvgIpc) is 2.48. The van der Waals surface area contributed by atoms with Crippen molar-refractivity contribution in [3.05, 3.63) is 11.8 Å². The Morgan fingerprint density at radius 2 is 2.54 bits per heavy atom. The molecule has 0 spiro atoms. The molecule has 2 fully saturated rings. The van der Waals surface area contributed by atoms with E-state index in [0.29, 0.717) is 5.41 Å². The van der Waals surface area contributed by atoms with E-state index in [0.717, 1.165) is 11.7 Å². The smallest absolute Gasteiger partial charge is 0.121 e. The van der Waals surface area contributed by atoms with Gasteiger partial charge in [-0.2, -0.15) is 5.10 Å². The minimum atomic E-state index is 0.454. The third-order valence-corrected chi connectivity index (χ3v) is 3.83. The molecule has 0 amide bonds. The Balaban J connectivity index is 2.01. The first-order chi connectivity index (χ1) is 6.22. The standard InChI is InChI=1S/C10H15N3/c1-13-9(11)5-8(12-13)10-4-2-3-7(10)6-10/h5,7H,2-4,6,11H2,1H3. The van der Waals surface area contributed by atoms with Crippen LogP contribution < -0.4 is 5.73 Å². The predicted octanol–water partition coefficient (Wildman–Crippen LogP) is 1.44. The molecule has 2 saturated carbocycles. The van der Waals surface area contributed by atoms with Crippen molar-refractivity contribution in [2.24, 2.45) is 13.0 Å². The Bertz CT molecular complexity index is 336. The molecule has 1 aromatic rings. The Morgan fingerprint density at radius 1 is 1.69 bits per heavy atom. The third kappa shape index (κ3) is 0.820. The highest BCUT2D eigenvalue weighted by atomic mass is 15.3. The molecule has 0 radical (unpaired) electrons. The van der Waals surface area contributed by atoms with Crippen LogP contribution in [0.3, 0.4) is 0 Å². The number of anilines is 1. The second-order valence-electron chi connectivity index (χ2n) is 4.53. The van der Waals surface area contributed by atoms with Crippen LogP contribution in [0.1, 0.15) is 31.4 Å². The van der Waals surface area contributed by atoms with E-state index < -0.39 is 0 Å². The van der Waals surface area contributed by atoms with Crippen LogP contribution in [0, 0.1) is 5.92 Å². The van der Waals surface area contributed by atoms with Crippen molar-refractivity contribution in [3.63, 3.8) is 0 Å². The van der Waals surface area contributed by atoms with Crippen molar-refractivity contribution in [2.45, 2.75) is 31.1 Å². The lowest BCUT2D eigenvalue weighted by Gasteiger charge is -2.06. The van der Waals surface area contributed by atoms with Crippen molar-refractivity contribution >= 4 is 5.82 Å². The van der Waals surface area contributed by atoms with Gasteiger partial charge in [0.15, 0.2) is 0 Å². The van der Waals surface area contributed by atoms with Crippen LogP contribution in [-0.2, 0) is 12.5 Å². The summed E-state index contributed by atoms with van der Waals surface area (Å²) in [6.45, 7) is 0. The van der Waals surface area contributed by atoms with Gasteiger partial charge in [-0.3, -0.25) is 4.68 Å². The summed E-state index contributed by atoms with van der Waals surface area (Å²) in [5.74, 6) is 1.71. The lowest BCUT2D eigenvalue weighted by molar-refractivity contribution is 0.613. The fourth-order valence-electron chi connectivity index (χ4n) is 2.90. The largest absolute Gasteiger partial charge is 0.384 e. The summed E-state index contributed by atoms with van der Waals surface area (Å²) in [6.07, 6.45) is 5.45. The van der Waals surface area contributed by atoms with E-state index >= 15 is 0 Å². The van der Waals surface area contributed by atoms with Gasteiger partial charge in [0.1, 0.15) is 5.82 Å². The molecule has 3 nitrogen and oxygen atoms in total. The second kappa shape index (κ2) is 2.08. The number of hydrogen-bond donors (Lipinski definition) is 1. The van der Waals surface area contributed by atoms with Gasteiger partial charge in [0.25, 0.3) is 0 Å². The van der Waals surface area contributed by atoms with Crippen LogP contribution in [0.5, 0.6) is 0 Å². The summed E-state index contributed by atoms with van der Waals surface area (Å²) < 4.78 is 1.79. The Labute approximate surface area is 77.9 Å². The Morgan fingerprint density at radius 3 is 3.00 bits per heavy atom. The molecule has 2 aliphatic rings. The first-order valence-corrected chi connectivity index (χ1v) is 5.02. The summed E-state index contributed by atoms with van der Waals surface area (Å²) >= 11 is 0. The molecule has 13 heavy (non-hydrogen) atoms. The van der Waals surface area contributed by atoms with E-state index in [2.05, 4.69) is 11.2 Å². The van der Waals surface area contributed by atoms with Crippen LogP contribution >= 0.6 is 0 Å². The van der Waals surface area contributed by atoms with Gasteiger partial charge >= 0.3 is 0 Å². The summed E-state index contributed by atoms with van der Waals surface area (Å²) in [7, 11) is 1.92. The van der Waals surface area contributed by atoms with E-state index in [1.54, 1.807) is 4.68 Å². The van der Waals surface area contributed by atoms with Gasteiger partial charge in [0.2, 0.25) is 0 Å². The molecule has 3 rings (SSSR count). The molecule has 1 aromatic heterocycles. The molecular weight excluding hydrogens is 162 g/mol. The minimum Gasteiger partial charge on any atom is -0.384 e. The molecule has 1 heterocycles. The van der Waals surface area contributed by atoms with Crippen molar-refractivity contribution in [2.75, 3.05) is 5.73 Å². The molecule has 0 aromatic carbocycles. The molecule has 0 aliphatic heterocycles. The van der Waals surface area contributed by atoms with E-state index in [-0.39, 0.29) is 0 Å². The first-order valence-electron chi connectivity index (χ1n) is 5.02. The normalized spacial score (nSPS) is 36.2. The molecule has 70 valence electrons. The van der Waals surface area contributed by atoms with Gasteiger partial charge in [-0.1, -0.05) is 6.42 Å². The lowest BCUT2D eigenvalue weighted by atomic mass is 10.00. The molecule has 0 bridgehead atoms. The average molecular weight is 177 g/mol. The van der Waals surface area contributed by atoms with Gasteiger partial charge in [0, 0.05) is 18.5 Å². The zero-order chi connectivity index (χ0) is 9.05. The Hall–Kier alpha value is -0.990.